The number of carbonyl (C=O) groups is 1. The third kappa shape index (κ3) is 1.45. The van der Waals surface area contributed by atoms with Gasteiger partial charge in [-0.25, -0.2) is 4.39 Å². The molecule has 1 aromatic heterocycles. The first-order chi connectivity index (χ1) is 8.15. The number of carbonyl (C=O) groups excluding carboxylic acids is 1. The lowest BCUT2D eigenvalue weighted by Crippen LogP contribution is -2.04. The Morgan fingerprint density at radius 2 is 2.18 bits per heavy atom. The zero-order chi connectivity index (χ0) is 12.0. The average molecular weight is 232 g/mol. The summed E-state index contributed by atoms with van der Waals surface area (Å²) in [5.74, 6) is -0.191. The summed E-state index contributed by atoms with van der Waals surface area (Å²) in [6, 6.07) is 2.69. The number of benzene rings is 1. The predicted molar refractivity (Wildman–Crippen MR) is 60.7 cm³/mol. The quantitative estimate of drug-likeness (QED) is 0.692. The van der Waals surface area contributed by atoms with Crippen LogP contribution in [0, 0.1) is 5.82 Å². The van der Waals surface area contributed by atoms with Gasteiger partial charge in [-0.3, -0.25) is 9.89 Å². The van der Waals surface area contributed by atoms with Crippen molar-refractivity contribution in [3.05, 3.63) is 29.7 Å². The molecule has 0 atom stereocenters. The number of aromatic amines is 1. The Morgan fingerprint density at radius 3 is 2.88 bits per heavy atom. The molecule has 0 spiro atoms. The van der Waals surface area contributed by atoms with Gasteiger partial charge in [0, 0.05) is 11.1 Å². The number of anilines is 2. The van der Waals surface area contributed by atoms with Gasteiger partial charge in [-0.05, 0) is 17.7 Å². The molecule has 5 nitrogen and oxygen atoms in total. The van der Waals surface area contributed by atoms with E-state index in [0.29, 0.717) is 28.2 Å². The van der Waals surface area contributed by atoms with E-state index >= 15 is 0 Å². The van der Waals surface area contributed by atoms with Gasteiger partial charge in [-0.1, -0.05) is 0 Å². The summed E-state index contributed by atoms with van der Waals surface area (Å²) >= 11 is 0. The number of nitrogens with one attached hydrogen (secondary N) is 2. The number of nitrogen functional groups attached to an aromatic ring is 1. The summed E-state index contributed by atoms with van der Waals surface area (Å²) in [7, 11) is 0. The van der Waals surface area contributed by atoms with Gasteiger partial charge in [-0.2, -0.15) is 5.10 Å². The van der Waals surface area contributed by atoms with E-state index in [0.717, 1.165) is 0 Å². The van der Waals surface area contributed by atoms with Crippen LogP contribution in [-0.2, 0) is 11.2 Å². The minimum absolute atomic E-state index is 0.145. The molecule has 0 unspecified atom stereocenters. The molecule has 0 saturated heterocycles. The van der Waals surface area contributed by atoms with Crippen molar-refractivity contribution in [2.24, 2.45) is 0 Å². The molecule has 0 aliphatic carbocycles. The Hall–Kier alpha value is -2.37. The van der Waals surface area contributed by atoms with Gasteiger partial charge in [0.2, 0.25) is 5.91 Å². The number of H-pyrrole nitrogens is 1. The van der Waals surface area contributed by atoms with Crippen molar-refractivity contribution in [1.29, 1.82) is 0 Å². The second-order valence-corrected chi connectivity index (χ2v) is 3.91. The number of halogens is 1. The molecule has 3 rings (SSSR count). The highest BCUT2D eigenvalue weighted by Gasteiger charge is 2.23. The van der Waals surface area contributed by atoms with Crippen LogP contribution in [-0.4, -0.2) is 16.1 Å². The van der Waals surface area contributed by atoms with Crippen LogP contribution in [0.15, 0.2) is 18.3 Å². The monoisotopic (exact) mass is 232 g/mol. The standard InChI is InChI=1S/C11H9FN4O/c12-6-1-5-2-9(17)15-10(5)7(3-6)8-4-14-16-11(8)13/h1,3-4H,2H2,(H,15,17)(H3,13,14,16). The van der Waals surface area contributed by atoms with Crippen LogP contribution in [0.25, 0.3) is 11.1 Å². The maximum absolute atomic E-state index is 13.5. The average Bonchev–Trinajstić information content (AvgIpc) is 2.82. The summed E-state index contributed by atoms with van der Waals surface area (Å²) in [5.41, 5.74) is 8.10. The summed E-state index contributed by atoms with van der Waals surface area (Å²) < 4.78 is 13.5. The maximum atomic E-state index is 13.5. The summed E-state index contributed by atoms with van der Waals surface area (Å²) in [6.07, 6.45) is 1.70. The fraction of sp³-hybridized carbons (Fsp3) is 0.0909. The van der Waals surface area contributed by atoms with Crippen LogP contribution in [0.5, 0.6) is 0 Å². The van der Waals surface area contributed by atoms with E-state index in [2.05, 4.69) is 15.5 Å². The van der Waals surface area contributed by atoms with Gasteiger partial charge in [0.25, 0.3) is 0 Å². The van der Waals surface area contributed by atoms with E-state index in [-0.39, 0.29) is 12.3 Å². The molecule has 1 aliphatic rings. The Kier molecular flexibility index (Phi) is 1.91. The van der Waals surface area contributed by atoms with Crippen LogP contribution >= 0.6 is 0 Å². The zero-order valence-electron chi connectivity index (χ0n) is 8.75. The molecule has 86 valence electrons. The fourth-order valence-corrected chi connectivity index (χ4v) is 2.03. The number of fused-ring (bicyclic) bond motifs is 1. The van der Waals surface area contributed by atoms with Crippen molar-refractivity contribution in [1.82, 2.24) is 10.2 Å². The highest BCUT2D eigenvalue weighted by molar-refractivity contribution is 6.04. The molecule has 0 radical (unpaired) electrons. The van der Waals surface area contributed by atoms with Gasteiger partial charge in [0.05, 0.1) is 18.3 Å². The van der Waals surface area contributed by atoms with Crippen LogP contribution in [0.1, 0.15) is 5.56 Å². The van der Waals surface area contributed by atoms with Crippen molar-refractivity contribution in [3.8, 4) is 11.1 Å². The van der Waals surface area contributed by atoms with Gasteiger partial charge in [-0.15, -0.1) is 0 Å². The van der Waals surface area contributed by atoms with E-state index in [4.69, 9.17) is 5.73 Å². The van der Waals surface area contributed by atoms with Gasteiger partial charge >= 0.3 is 0 Å². The second kappa shape index (κ2) is 3.31. The van der Waals surface area contributed by atoms with E-state index < -0.39 is 5.82 Å². The van der Waals surface area contributed by atoms with E-state index in [9.17, 15) is 9.18 Å². The maximum Gasteiger partial charge on any atom is 0.228 e. The van der Waals surface area contributed by atoms with Crippen LogP contribution in [0.4, 0.5) is 15.9 Å². The molecule has 2 heterocycles. The fourth-order valence-electron chi connectivity index (χ4n) is 2.03. The molecule has 6 heteroatoms. The Morgan fingerprint density at radius 1 is 1.35 bits per heavy atom. The molecule has 0 bridgehead atoms. The van der Waals surface area contributed by atoms with Crippen LogP contribution in [0.2, 0.25) is 0 Å². The third-order valence-electron chi connectivity index (χ3n) is 2.76. The highest BCUT2D eigenvalue weighted by Crippen LogP contribution is 2.37. The molecule has 1 amide bonds. The molecular formula is C11H9FN4O. The molecule has 1 aromatic carbocycles. The Bertz CT molecular complexity index is 620. The molecule has 4 N–H and O–H groups in total. The summed E-state index contributed by atoms with van der Waals surface area (Å²) in [6.45, 7) is 0. The molecular weight excluding hydrogens is 223 g/mol. The number of amides is 1. The summed E-state index contributed by atoms with van der Waals surface area (Å²) in [5, 5.41) is 9.07. The lowest BCUT2D eigenvalue weighted by Gasteiger charge is -2.07. The van der Waals surface area contributed by atoms with Crippen molar-refractivity contribution in [2.75, 3.05) is 11.1 Å². The minimum Gasteiger partial charge on any atom is -0.384 e. The van der Waals surface area contributed by atoms with E-state index in [1.54, 1.807) is 0 Å². The first-order valence-corrected chi connectivity index (χ1v) is 5.06. The number of nitrogens with zero attached hydrogens (tertiary/aromatic N) is 1. The highest BCUT2D eigenvalue weighted by atomic mass is 19.1. The lowest BCUT2D eigenvalue weighted by atomic mass is 10.0. The number of nitrogens with two attached hydrogens (primary N) is 1. The van der Waals surface area contributed by atoms with Crippen molar-refractivity contribution in [2.45, 2.75) is 6.42 Å². The lowest BCUT2D eigenvalue weighted by molar-refractivity contribution is -0.115. The first kappa shape index (κ1) is 9.83. The number of aromatic nitrogens is 2. The predicted octanol–water partition coefficient (Wildman–Crippen LogP) is 1.29. The molecule has 17 heavy (non-hydrogen) atoms. The Labute approximate surface area is 95.8 Å². The molecule has 1 aliphatic heterocycles. The molecule has 0 saturated carbocycles. The van der Waals surface area contributed by atoms with Crippen molar-refractivity contribution < 1.29 is 9.18 Å². The van der Waals surface area contributed by atoms with Crippen molar-refractivity contribution >= 4 is 17.4 Å². The third-order valence-corrected chi connectivity index (χ3v) is 2.76. The molecule has 0 fully saturated rings. The Balaban J connectivity index is 2.25. The smallest absolute Gasteiger partial charge is 0.228 e. The largest absolute Gasteiger partial charge is 0.384 e. The number of hydrogen-bond donors (Lipinski definition) is 3. The number of rotatable bonds is 1. The van der Waals surface area contributed by atoms with E-state index in [1.165, 1.54) is 18.3 Å². The summed E-state index contributed by atoms with van der Waals surface area (Å²) in [4.78, 5) is 11.3. The van der Waals surface area contributed by atoms with Gasteiger partial charge < -0.3 is 11.1 Å². The van der Waals surface area contributed by atoms with Crippen molar-refractivity contribution in [3.63, 3.8) is 0 Å². The zero-order valence-corrected chi connectivity index (χ0v) is 8.75. The second-order valence-electron chi connectivity index (χ2n) is 3.91. The number of hydrogen-bond acceptors (Lipinski definition) is 3. The SMILES string of the molecule is Nc1[nH]ncc1-c1cc(F)cc2c1NC(=O)C2. The first-order valence-electron chi connectivity index (χ1n) is 5.06. The molecule has 2 aromatic rings. The normalized spacial score (nSPS) is 13.6. The topological polar surface area (TPSA) is 83.8 Å². The van der Waals surface area contributed by atoms with Gasteiger partial charge in [0.1, 0.15) is 11.6 Å². The minimum atomic E-state index is -0.393. The van der Waals surface area contributed by atoms with Crippen LogP contribution < -0.4 is 11.1 Å². The van der Waals surface area contributed by atoms with E-state index in [1.807, 2.05) is 0 Å². The van der Waals surface area contributed by atoms with Crippen LogP contribution in [0.3, 0.4) is 0 Å². The van der Waals surface area contributed by atoms with Gasteiger partial charge in [0.15, 0.2) is 0 Å².